The number of aromatic nitrogens is 4. The number of anilines is 1. The van der Waals surface area contributed by atoms with Gasteiger partial charge < -0.3 is 9.80 Å². The van der Waals surface area contributed by atoms with Gasteiger partial charge >= 0.3 is 6.55 Å². The lowest BCUT2D eigenvalue weighted by atomic mass is 10.2. The largest absolute Gasteiger partial charge is 0.352 e. The summed E-state index contributed by atoms with van der Waals surface area (Å²) < 4.78 is 25.6. The van der Waals surface area contributed by atoms with Crippen LogP contribution in [-0.4, -0.2) is 56.7 Å². The van der Waals surface area contributed by atoms with E-state index in [1.54, 1.807) is 11.1 Å². The zero-order chi connectivity index (χ0) is 17.3. The molecule has 7 nitrogen and oxygen atoms in total. The number of rotatable bonds is 3. The van der Waals surface area contributed by atoms with E-state index in [1.807, 2.05) is 13.8 Å². The number of carbonyl (C=O) groups excluding carboxylic acids is 1. The number of alkyl halides is 2. The van der Waals surface area contributed by atoms with Gasteiger partial charge in [0, 0.05) is 38.6 Å². The van der Waals surface area contributed by atoms with Gasteiger partial charge in [0.05, 0.1) is 11.4 Å². The van der Waals surface area contributed by atoms with Crippen LogP contribution in [0.4, 0.5) is 14.6 Å². The molecule has 1 fully saturated rings. The highest BCUT2D eigenvalue weighted by Crippen LogP contribution is 2.18. The maximum Gasteiger partial charge on any atom is 0.333 e. The summed E-state index contributed by atoms with van der Waals surface area (Å²) in [6, 6.07) is 1.32. The Morgan fingerprint density at radius 1 is 1.21 bits per heavy atom. The van der Waals surface area contributed by atoms with E-state index in [-0.39, 0.29) is 11.6 Å². The fraction of sp³-hybridized carbons (Fsp3) is 0.467. The van der Waals surface area contributed by atoms with Crippen LogP contribution >= 0.6 is 0 Å². The maximum atomic E-state index is 12.6. The van der Waals surface area contributed by atoms with E-state index in [4.69, 9.17) is 0 Å². The third-order valence-corrected chi connectivity index (χ3v) is 3.94. The van der Waals surface area contributed by atoms with Crippen molar-refractivity contribution in [1.82, 2.24) is 24.6 Å². The molecule has 1 amide bonds. The van der Waals surface area contributed by atoms with Crippen molar-refractivity contribution in [3.05, 3.63) is 35.5 Å². The van der Waals surface area contributed by atoms with Crippen LogP contribution in [0.1, 0.15) is 28.4 Å². The van der Waals surface area contributed by atoms with Gasteiger partial charge in [-0.2, -0.15) is 13.9 Å². The molecule has 1 aliphatic rings. The normalized spacial score (nSPS) is 15.2. The second kappa shape index (κ2) is 6.50. The topological polar surface area (TPSA) is 67.2 Å². The van der Waals surface area contributed by atoms with Gasteiger partial charge in [-0.25, -0.2) is 9.67 Å². The van der Waals surface area contributed by atoms with Gasteiger partial charge in [-0.3, -0.25) is 9.78 Å². The number of carbonyl (C=O) groups is 1. The van der Waals surface area contributed by atoms with Crippen molar-refractivity contribution in [3.8, 4) is 0 Å². The van der Waals surface area contributed by atoms with Gasteiger partial charge in [0.2, 0.25) is 0 Å². The van der Waals surface area contributed by atoms with E-state index >= 15 is 0 Å². The summed E-state index contributed by atoms with van der Waals surface area (Å²) in [4.78, 5) is 24.9. The molecule has 2 aromatic heterocycles. The molecule has 0 aromatic carbocycles. The lowest BCUT2D eigenvalue weighted by molar-refractivity contribution is 0.0550. The first kappa shape index (κ1) is 16.3. The summed E-state index contributed by atoms with van der Waals surface area (Å²) in [5.74, 6) is 0.491. The van der Waals surface area contributed by atoms with Crippen molar-refractivity contribution in [2.45, 2.75) is 20.4 Å². The summed E-state index contributed by atoms with van der Waals surface area (Å²) in [5, 5.41) is 3.63. The number of halogens is 2. The molecule has 0 bridgehead atoms. The molecule has 0 saturated carbocycles. The smallest absolute Gasteiger partial charge is 0.333 e. The second-order valence-corrected chi connectivity index (χ2v) is 5.66. The van der Waals surface area contributed by atoms with E-state index in [1.165, 1.54) is 6.07 Å². The van der Waals surface area contributed by atoms with Crippen LogP contribution in [0.15, 0.2) is 18.5 Å². The van der Waals surface area contributed by atoms with Crippen LogP contribution in [0, 0.1) is 13.8 Å². The predicted molar refractivity (Wildman–Crippen MR) is 83.1 cm³/mol. The van der Waals surface area contributed by atoms with Crippen LogP contribution in [0.3, 0.4) is 0 Å². The van der Waals surface area contributed by atoms with Crippen molar-refractivity contribution in [3.63, 3.8) is 0 Å². The van der Waals surface area contributed by atoms with Gasteiger partial charge in [0.15, 0.2) is 5.69 Å². The van der Waals surface area contributed by atoms with Crippen LogP contribution in [-0.2, 0) is 0 Å². The molecule has 0 aliphatic carbocycles. The second-order valence-electron chi connectivity index (χ2n) is 5.66. The quantitative estimate of drug-likeness (QED) is 0.852. The Morgan fingerprint density at radius 3 is 2.54 bits per heavy atom. The SMILES string of the molecule is Cc1cnc(C)c(N2CCN(C(=O)c3ccn(C(F)F)n3)CC2)n1. The van der Waals surface area contributed by atoms with Crippen LogP contribution < -0.4 is 4.90 Å². The molecule has 1 saturated heterocycles. The van der Waals surface area contributed by atoms with Crippen molar-refractivity contribution < 1.29 is 13.6 Å². The fourth-order valence-electron chi connectivity index (χ4n) is 2.67. The number of hydrogen-bond donors (Lipinski definition) is 0. The summed E-state index contributed by atoms with van der Waals surface area (Å²) >= 11 is 0. The summed E-state index contributed by atoms with van der Waals surface area (Å²) in [5.41, 5.74) is 1.72. The number of piperazine rings is 1. The monoisotopic (exact) mass is 336 g/mol. The van der Waals surface area contributed by atoms with Crippen LogP contribution in [0.25, 0.3) is 0 Å². The third kappa shape index (κ3) is 3.19. The number of nitrogens with zero attached hydrogens (tertiary/aromatic N) is 6. The molecule has 3 heterocycles. The molecule has 0 unspecified atom stereocenters. The Morgan fingerprint density at radius 2 is 1.92 bits per heavy atom. The molecular formula is C15H18F2N6O. The zero-order valence-corrected chi connectivity index (χ0v) is 13.5. The Labute approximate surface area is 137 Å². The zero-order valence-electron chi connectivity index (χ0n) is 13.5. The lowest BCUT2D eigenvalue weighted by Gasteiger charge is -2.35. The Hall–Kier alpha value is -2.58. The molecular weight excluding hydrogens is 318 g/mol. The first-order valence-corrected chi connectivity index (χ1v) is 7.63. The highest BCUT2D eigenvalue weighted by molar-refractivity contribution is 5.92. The average Bonchev–Trinajstić information content (AvgIpc) is 3.07. The third-order valence-electron chi connectivity index (χ3n) is 3.94. The van der Waals surface area contributed by atoms with Gasteiger partial charge in [-0.15, -0.1) is 0 Å². The molecule has 2 aromatic rings. The van der Waals surface area contributed by atoms with Crippen molar-refractivity contribution in [1.29, 1.82) is 0 Å². The summed E-state index contributed by atoms with van der Waals surface area (Å²) in [6.07, 6.45) is 2.83. The minimum absolute atomic E-state index is 0.0373. The van der Waals surface area contributed by atoms with Gasteiger partial charge in [-0.1, -0.05) is 0 Å². The van der Waals surface area contributed by atoms with E-state index in [2.05, 4.69) is 20.0 Å². The Bertz CT molecular complexity index is 739. The Balaban J connectivity index is 1.66. The first-order valence-electron chi connectivity index (χ1n) is 7.63. The van der Waals surface area contributed by atoms with E-state index in [0.717, 1.165) is 23.4 Å². The number of hydrogen-bond acceptors (Lipinski definition) is 5. The van der Waals surface area contributed by atoms with Crippen LogP contribution in [0.2, 0.25) is 0 Å². The fourth-order valence-corrected chi connectivity index (χ4v) is 2.67. The summed E-state index contributed by atoms with van der Waals surface area (Å²) in [6.45, 7) is 3.22. The molecule has 128 valence electrons. The predicted octanol–water partition coefficient (Wildman–Crippen LogP) is 1.65. The van der Waals surface area contributed by atoms with Gasteiger partial charge in [0.1, 0.15) is 5.82 Å². The lowest BCUT2D eigenvalue weighted by Crippen LogP contribution is -2.49. The van der Waals surface area contributed by atoms with E-state index in [0.29, 0.717) is 30.9 Å². The average molecular weight is 336 g/mol. The molecule has 1 aliphatic heterocycles. The minimum atomic E-state index is -2.74. The molecule has 3 rings (SSSR count). The van der Waals surface area contributed by atoms with E-state index < -0.39 is 6.55 Å². The minimum Gasteiger partial charge on any atom is -0.352 e. The van der Waals surface area contributed by atoms with Crippen molar-refractivity contribution in [2.75, 3.05) is 31.1 Å². The molecule has 0 atom stereocenters. The highest BCUT2D eigenvalue weighted by Gasteiger charge is 2.25. The Kier molecular flexibility index (Phi) is 4.41. The number of amides is 1. The first-order chi connectivity index (χ1) is 11.5. The van der Waals surface area contributed by atoms with E-state index in [9.17, 15) is 13.6 Å². The molecule has 0 radical (unpaired) electrons. The molecule has 0 N–H and O–H groups in total. The molecule has 0 spiro atoms. The maximum absolute atomic E-state index is 12.6. The van der Waals surface area contributed by atoms with Crippen LogP contribution in [0.5, 0.6) is 0 Å². The highest BCUT2D eigenvalue weighted by atomic mass is 19.3. The molecule has 9 heteroatoms. The van der Waals surface area contributed by atoms with Gasteiger partial charge in [-0.05, 0) is 19.9 Å². The number of aryl methyl sites for hydroxylation is 2. The van der Waals surface area contributed by atoms with Crippen molar-refractivity contribution in [2.24, 2.45) is 0 Å². The van der Waals surface area contributed by atoms with Gasteiger partial charge in [0.25, 0.3) is 5.91 Å². The molecule has 24 heavy (non-hydrogen) atoms. The standard InChI is InChI=1S/C15H18F2N6O/c1-10-9-18-11(2)13(19-10)21-5-7-22(8-6-21)14(24)12-3-4-23(20-12)15(16)17/h3-4,9,15H,5-8H2,1-2H3. The summed E-state index contributed by atoms with van der Waals surface area (Å²) in [7, 11) is 0. The van der Waals surface area contributed by atoms with Crippen molar-refractivity contribution >= 4 is 11.7 Å².